The van der Waals surface area contributed by atoms with E-state index < -0.39 is 0 Å². The predicted octanol–water partition coefficient (Wildman–Crippen LogP) is 3.41. The topological polar surface area (TPSA) is 56.3 Å². The number of aromatic nitrogens is 2. The molecule has 2 aromatic rings. The van der Waals surface area contributed by atoms with E-state index in [9.17, 15) is 4.39 Å². The standard InChI is InChI=1S/C16H20FN3O2/c1-4-21-14-6-5-12(9-13(14)17)10-20-15-16(22-11(2)3)19-8-7-18-15/h5-9,11H,4,10H2,1-3H3,(H,18,20). The van der Waals surface area contributed by atoms with Crippen LogP contribution in [0.1, 0.15) is 26.3 Å². The number of hydrogen-bond donors (Lipinski definition) is 1. The zero-order valence-electron chi connectivity index (χ0n) is 13.0. The summed E-state index contributed by atoms with van der Waals surface area (Å²) in [5.41, 5.74) is 0.780. The van der Waals surface area contributed by atoms with Gasteiger partial charge in [-0.2, -0.15) is 0 Å². The minimum Gasteiger partial charge on any atom is -0.491 e. The van der Waals surface area contributed by atoms with Crippen molar-refractivity contribution in [1.29, 1.82) is 0 Å². The molecule has 5 nitrogen and oxygen atoms in total. The maximum atomic E-state index is 13.8. The molecule has 0 saturated heterocycles. The first-order valence-electron chi connectivity index (χ1n) is 7.23. The summed E-state index contributed by atoms with van der Waals surface area (Å²) in [6, 6.07) is 4.87. The number of benzene rings is 1. The van der Waals surface area contributed by atoms with E-state index in [1.807, 2.05) is 20.8 Å². The molecule has 0 aliphatic heterocycles. The molecule has 0 spiro atoms. The van der Waals surface area contributed by atoms with Crippen molar-refractivity contribution in [3.05, 3.63) is 42.0 Å². The van der Waals surface area contributed by atoms with Crippen molar-refractivity contribution in [2.75, 3.05) is 11.9 Å². The van der Waals surface area contributed by atoms with Gasteiger partial charge >= 0.3 is 0 Å². The summed E-state index contributed by atoms with van der Waals surface area (Å²) in [5.74, 6) is 0.850. The van der Waals surface area contributed by atoms with Crippen molar-refractivity contribution in [2.45, 2.75) is 33.4 Å². The molecule has 0 aliphatic carbocycles. The average Bonchev–Trinajstić information content (AvgIpc) is 2.48. The van der Waals surface area contributed by atoms with E-state index in [-0.39, 0.29) is 17.7 Å². The first-order chi connectivity index (χ1) is 10.6. The van der Waals surface area contributed by atoms with Crippen LogP contribution in [0, 0.1) is 5.82 Å². The second-order valence-electron chi connectivity index (χ2n) is 4.93. The smallest absolute Gasteiger partial charge is 0.257 e. The Kier molecular flexibility index (Phi) is 5.52. The molecule has 2 rings (SSSR count). The number of anilines is 1. The highest BCUT2D eigenvalue weighted by molar-refractivity contribution is 5.45. The minimum absolute atomic E-state index is 0.000158. The van der Waals surface area contributed by atoms with Gasteiger partial charge in [0, 0.05) is 18.9 Å². The van der Waals surface area contributed by atoms with Gasteiger partial charge < -0.3 is 14.8 Å². The van der Waals surface area contributed by atoms with Crippen LogP contribution in [0.25, 0.3) is 0 Å². The lowest BCUT2D eigenvalue weighted by atomic mass is 10.2. The SMILES string of the molecule is CCOc1ccc(CNc2nccnc2OC(C)C)cc1F. The van der Waals surface area contributed by atoms with Gasteiger partial charge in [0.25, 0.3) is 5.88 Å². The molecule has 1 aromatic carbocycles. The van der Waals surface area contributed by atoms with Crippen LogP contribution >= 0.6 is 0 Å². The van der Waals surface area contributed by atoms with E-state index in [0.29, 0.717) is 24.8 Å². The fourth-order valence-corrected chi connectivity index (χ4v) is 1.87. The largest absolute Gasteiger partial charge is 0.491 e. The second-order valence-corrected chi connectivity index (χ2v) is 4.93. The lowest BCUT2D eigenvalue weighted by Gasteiger charge is -2.13. The van der Waals surface area contributed by atoms with E-state index >= 15 is 0 Å². The third-order valence-electron chi connectivity index (χ3n) is 2.77. The van der Waals surface area contributed by atoms with E-state index in [0.717, 1.165) is 5.56 Å². The molecule has 1 aromatic heterocycles. The Hall–Kier alpha value is -2.37. The quantitative estimate of drug-likeness (QED) is 0.849. The molecule has 0 fully saturated rings. The van der Waals surface area contributed by atoms with Crippen LogP contribution < -0.4 is 14.8 Å². The van der Waals surface area contributed by atoms with E-state index in [1.54, 1.807) is 24.5 Å². The molecule has 118 valence electrons. The van der Waals surface area contributed by atoms with Crippen LogP contribution in [-0.2, 0) is 6.54 Å². The molecule has 6 heteroatoms. The van der Waals surface area contributed by atoms with Gasteiger partial charge in [-0.25, -0.2) is 14.4 Å². The van der Waals surface area contributed by atoms with Gasteiger partial charge in [-0.1, -0.05) is 6.07 Å². The van der Waals surface area contributed by atoms with Gasteiger partial charge in [-0.15, -0.1) is 0 Å². The van der Waals surface area contributed by atoms with E-state index in [1.165, 1.54) is 6.07 Å². The number of hydrogen-bond acceptors (Lipinski definition) is 5. The fraction of sp³-hybridized carbons (Fsp3) is 0.375. The molecule has 0 aliphatic rings. The van der Waals surface area contributed by atoms with Crippen molar-refractivity contribution in [3.63, 3.8) is 0 Å². The van der Waals surface area contributed by atoms with E-state index in [2.05, 4.69) is 15.3 Å². The first kappa shape index (κ1) is 16.0. The number of nitrogens with zero attached hydrogens (tertiary/aromatic N) is 2. The third kappa shape index (κ3) is 4.31. The minimum atomic E-state index is -0.376. The Labute approximate surface area is 129 Å². The number of rotatable bonds is 7. The summed E-state index contributed by atoms with van der Waals surface area (Å²) < 4.78 is 24.6. The summed E-state index contributed by atoms with van der Waals surface area (Å²) >= 11 is 0. The van der Waals surface area contributed by atoms with Crippen molar-refractivity contribution in [2.24, 2.45) is 0 Å². The highest BCUT2D eigenvalue weighted by atomic mass is 19.1. The Morgan fingerprint density at radius 3 is 2.68 bits per heavy atom. The molecule has 0 bridgehead atoms. The lowest BCUT2D eigenvalue weighted by Crippen LogP contribution is -2.11. The van der Waals surface area contributed by atoms with Gasteiger partial charge in [-0.3, -0.25) is 0 Å². The first-order valence-corrected chi connectivity index (χ1v) is 7.23. The molecule has 1 N–H and O–H groups in total. The molecule has 0 radical (unpaired) electrons. The number of halogens is 1. The molecular formula is C16H20FN3O2. The molecule has 0 saturated carbocycles. The van der Waals surface area contributed by atoms with Crippen LogP contribution in [0.5, 0.6) is 11.6 Å². The Morgan fingerprint density at radius 2 is 2.00 bits per heavy atom. The number of ether oxygens (including phenoxy) is 2. The van der Waals surface area contributed by atoms with Gasteiger partial charge in [0.1, 0.15) is 0 Å². The van der Waals surface area contributed by atoms with Gasteiger partial charge in [0.05, 0.1) is 12.7 Å². The third-order valence-corrected chi connectivity index (χ3v) is 2.77. The highest BCUT2D eigenvalue weighted by Gasteiger charge is 2.09. The van der Waals surface area contributed by atoms with Gasteiger partial charge in [-0.05, 0) is 38.5 Å². The van der Waals surface area contributed by atoms with Crippen molar-refractivity contribution < 1.29 is 13.9 Å². The van der Waals surface area contributed by atoms with Crippen LogP contribution in [0.3, 0.4) is 0 Å². The van der Waals surface area contributed by atoms with Crippen LogP contribution in [0.15, 0.2) is 30.6 Å². The number of nitrogens with one attached hydrogen (secondary N) is 1. The molecular weight excluding hydrogens is 285 g/mol. The normalized spacial score (nSPS) is 10.6. The predicted molar refractivity (Wildman–Crippen MR) is 82.7 cm³/mol. The molecule has 0 amide bonds. The zero-order valence-corrected chi connectivity index (χ0v) is 13.0. The van der Waals surface area contributed by atoms with Crippen molar-refractivity contribution in [3.8, 4) is 11.6 Å². The Balaban J connectivity index is 2.05. The van der Waals surface area contributed by atoms with Crippen LogP contribution in [0.2, 0.25) is 0 Å². The van der Waals surface area contributed by atoms with Gasteiger partial charge in [0.2, 0.25) is 0 Å². The van der Waals surface area contributed by atoms with E-state index in [4.69, 9.17) is 9.47 Å². The highest BCUT2D eigenvalue weighted by Crippen LogP contribution is 2.22. The zero-order chi connectivity index (χ0) is 15.9. The summed E-state index contributed by atoms with van der Waals surface area (Å²) in [6.07, 6.45) is 3.15. The molecule has 22 heavy (non-hydrogen) atoms. The molecule has 1 heterocycles. The maximum absolute atomic E-state index is 13.8. The summed E-state index contributed by atoms with van der Waals surface area (Å²) in [6.45, 7) is 6.50. The van der Waals surface area contributed by atoms with Crippen LogP contribution in [0.4, 0.5) is 10.2 Å². The summed E-state index contributed by atoms with van der Waals surface area (Å²) in [7, 11) is 0. The fourth-order valence-electron chi connectivity index (χ4n) is 1.87. The molecule has 0 unspecified atom stereocenters. The Morgan fingerprint density at radius 1 is 1.23 bits per heavy atom. The maximum Gasteiger partial charge on any atom is 0.257 e. The monoisotopic (exact) mass is 305 g/mol. The van der Waals surface area contributed by atoms with Crippen molar-refractivity contribution in [1.82, 2.24) is 9.97 Å². The molecule has 0 atom stereocenters. The van der Waals surface area contributed by atoms with Crippen LogP contribution in [-0.4, -0.2) is 22.7 Å². The second kappa shape index (κ2) is 7.59. The van der Waals surface area contributed by atoms with Gasteiger partial charge in [0.15, 0.2) is 17.4 Å². The lowest BCUT2D eigenvalue weighted by molar-refractivity contribution is 0.233. The van der Waals surface area contributed by atoms with Crippen molar-refractivity contribution >= 4 is 5.82 Å². The Bertz CT molecular complexity index is 620. The average molecular weight is 305 g/mol. The summed E-state index contributed by atoms with van der Waals surface area (Å²) in [4.78, 5) is 8.35. The summed E-state index contributed by atoms with van der Waals surface area (Å²) in [5, 5.41) is 3.11.